The molecule has 0 aliphatic heterocycles. The Morgan fingerprint density at radius 2 is 1.82 bits per heavy atom. The fourth-order valence-electron chi connectivity index (χ4n) is 2.15. The number of methoxy groups -OCH3 is 2. The molecule has 2 aromatic rings. The van der Waals surface area contributed by atoms with E-state index in [1.54, 1.807) is 27.5 Å². The molecule has 0 amide bonds. The Hall–Kier alpha value is -2.75. The number of nitrogens with one attached hydrogen (secondary N) is 1. The van der Waals surface area contributed by atoms with Crippen LogP contribution in [0, 0.1) is 0 Å². The summed E-state index contributed by atoms with van der Waals surface area (Å²) in [6.45, 7) is 4.06. The predicted molar refractivity (Wildman–Crippen MR) is 92.2 cm³/mol. The number of aliphatic imine (C=N–C) groups is 1. The van der Waals surface area contributed by atoms with E-state index in [0.717, 1.165) is 21.8 Å². The van der Waals surface area contributed by atoms with Crippen molar-refractivity contribution in [3.63, 3.8) is 0 Å². The Labute approximate surface area is 130 Å². The van der Waals surface area contributed by atoms with E-state index in [1.807, 2.05) is 42.5 Å². The Bertz CT molecular complexity index is 782. The van der Waals surface area contributed by atoms with Gasteiger partial charge in [0.05, 0.1) is 19.9 Å². The molecule has 0 heterocycles. The van der Waals surface area contributed by atoms with Gasteiger partial charge in [0.2, 0.25) is 0 Å². The summed E-state index contributed by atoms with van der Waals surface area (Å²) in [7, 11) is 4.97. The highest BCUT2D eigenvalue weighted by molar-refractivity contribution is 6.06. The summed E-state index contributed by atoms with van der Waals surface area (Å²) >= 11 is 0. The normalized spacial score (nSPS) is 12.1. The lowest BCUT2D eigenvalue weighted by molar-refractivity contribution is 0.355. The van der Waals surface area contributed by atoms with E-state index < -0.39 is 0 Å². The van der Waals surface area contributed by atoms with Gasteiger partial charge in [0.15, 0.2) is 11.5 Å². The largest absolute Gasteiger partial charge is 0.493 e. The van der Waals surface area contributed by atoms with Crippen LogP contribution in [0.2, 0.25) is 0 Å². The molecule has 0 bridgehead atoms. The lowest BCUT2D eigenvalue weighted by Gasteiger charge is -2.12. The first-order valence-corrected chi connectivity index (χ1v) is 6.89. The first-order valence-electron chi connectivity index (χ1n) is 6.89. The monoisotopic (exact) mass is 296 g/mol. The highest BCUT2D eigenvalue weighted by Gasteiger charge is 2.05. The zero-order chi connectivity index (χ0) is 15.9. The number of hydrogen-bond donors (Lipinski definition) is 1. The third kappa shape index (κ3) is 3.47. The molecule has 0 aliphatic rings. The van der Waals surface area contributed by atoms with Crippen molar-refractivity contribution >= 4 is 24.2 Å². The molecule has 0 fully saturated rings. The molecule has 1 N–H and O–H groups in total. The number of rotatable bonds is 5. The molecule has 0 aromatic heterocycles. The van der Waals surface area contributed by atoms with E-state index in [-0.39, 0.29) is 0 Å². The van der Waals surface area contributed by atoms with Crippen LogP contribution in [-0.4, -0.2) is 27.5 Å². The molecule has 0 saturated carbocycles. The Kier molecular flexibility index (Phi) is 5.20. The van der Waals surface area contributed by atoms with E-state index in [2.05, 4.69) is 16.9 Å². The summed E-state index contributed by atoms with van der Waals surface area (Å²) < 4.78 is 10.6. The van der Waals surface area contributed by atoms with Crippen LogP contribution >= 0.6 is 0 Å². The number of anilines is 1. The molecule has 2 aromatic carbocycles. The predicted octanol–water partition coefficient (Wildman–Crippen LogP) is 2.04. The molecule has 22 heavy (non-hydrogen) atoms. The number of nitrogens with zero attached hydrogens (tertiary/aromatic N) is 1. The second kappa shape index (κ2) is 7.31. The molecule has 0 unspecified atom stereocenters. The summed E-state index contributed by atoms with van der Waals surface area (Å²) in [5, 5.41) is 5.29. The summed E-state index contributed by atoms with van der Waals surface area (Å²) in [6, 6.07) is 13.6. The van der Waals surface area contributed by atoms with Crippen LogP contribution in [0.25, 0.3) is 12.3 Å². The minimum absolute atomic E-state index is 0.670. The van der Waals surface area contributed by atoms with Crippen molar-refractivity contribution in [3.05, 3.63) is 52.9 Å². The SMILES string of the molecule is C=c1cccc/c1=C(/C=NC)Nc1ccc(OC)c(OC)c1. The summed E-state index contributed by atoms with van der Waals surface area (Å²) in [4.78, 5) is 4.12. The van der Waals surface area contributed by atoms with E-state index >= 15 is 0 Å². The lowest BCUT2D eigenvalue weighted by Crippen LogP contribution is -2.28. The van der Waals surface area contributed by atoms with Gasteiger partial charge in [-0.3, -0.25) is 4.99 Å². The van der Waals surface area contributed by atoms with Crippen molar-refractivity contribution in [2.45, 2.75) is 0 Å². The van der Waals surface area contributed by atoms with Gasteiger partial charge in [-0.15, -0.1) is 0 Å². The minimum Gasteiger partial charge on any atom is -0.493 e. The molecule has 0 aliphatic carbocycles. The molecule has 0 spiro atoms. The van der Waals surface area contributed by atoms with E-state index in [9.17, 15) is 0 Å². The Morgan fingerprint density at radius 1 is 1.09 bits per heavy atom. The van der Waals surface area contributed by atoms with Crippen LogP contribution < -0.4 is 25.2 Å². The van der Waals surface area contributed by atoms with Gasteiger partial charge in [-0.25, -0.2) is 0 Å². The van der Waals surface area contributed by atoms with E-state index in [4.69, 9.17) is 9.47 Å². The van der Waals surface area contributed by atoms with Crippen molar-refractivity contribution in [2.75, 3.05) is 26.6 Å². The highest BCUT2D eigenvalue weighted by atomic mass is 16.5. The van der Waals surface area contributed by atoms with Gasteiger partial charge < -0.3 is 14.8 Å². The van der Waals surface area contributed by atoms with E-state index in [0.29, 0.717) is 11.5 Å². The van der Waals surface area contributed by atoms with Gasteiger partial charge in [-0.1, -0.05) is 30.8 Å². The smallest absolute Gasteiger partial charge is 0.162 e. The van der Waals surface area contributed by atoms with Gasteiger partial charge in [0, 0.05) is 30.2 Å². The first-order chi connectivity index (χ1) is 10.7. The highest BCUT2D eigenvalue weighted by Crippen LogP contribution is 2.30. The summed E-state index contributed by atoms with van der Waals surface area (Å²) in [6.07, 6.45) is 1.78. The first kappa shape index (κ1) is 15.6. The Morgan fingerprint density at radius 3 is 2.45 bits per heavy atom. The van der Waals surface area contributed by atoms with E-state index in [1.165, 1.54) is 0 Å². The summed E-state index contributed by atoms with van der Waals surface area (Å²) in [5.41, 5.74) is 1.76. The number of ether oxygens (including phenoxy) is 2. The maximum Gasteiger partial charge on any atom is 0.162 e. The van der Waals surface area contributed by atoms with Crippen molar-refractivity contribution in [1.29, 1.82) is 0 Å². The molecular weight excluding hydrogens is 276 g/mol. The maximum atomic E-state index is 5.33. The van der Waals surface area contributed by atoms with Crippen LogP contribution in [0.3, 0.4) is 0 Å². The zero-order valence-corrected chi connectivity index (χ0v) is 13.1. The zero-order valence-electron chi connectivity index (χ0n) is 13.1. The average molecular weight is 296 g/mol. The van der Waals surface area contributed by atoms with Gasteiger partial charge in [-0.2, -0.15) is 0 Å². The second-order valence-electron chi connectivity index (χ2n) is 4.65. The fraction of sp³-hybridized carbons (Fsp3) is 0.167. The molecule has 4 nitrogen and oxygen atoms in total. The van der Waals surface area contributed by atoms with Crippen molar-refractivity contribution in [3.8, 4) is 11.5 Å². The van der Waals surface area contributed by atoms with Gasteiger partial charge in [-0.05, 0) is 17.4 Å². The lowest BCUT2D eigenvalue weighted by atomic mass is 10.2. The quantitative estimate of drug-likeness (QED) is 0.859. The van der Waals surface area contributed by atoms with Crippen LogP contribution in [-0.2, 0) is 0 Å². The standard InChI is InChI=1S/C18H20N2O2/c1-13-7-5-6-8-15(13)16(12-19-2)20-14-9-10-17(21-3)18(11-14)22-4/h5-12,20H,1H2,2-4H3/b16-15+,19-12?. The van der Waals surface area contributed by atoms with Crippen molar-refractivity contribution in [1.82, 2.24) is 0 Å². The molecule has 2 rings (SSSR count). The van der Waals surface area contributed by atoms with Crippen LogP contribution in [0.1, 0.15) is 0 Å². The van der Waals surface area contributed by atoms with Crippen LogP contribution in [0.15, 0.2) is 47.5 Å². The van der Waals surface area contributed by atoms with Crippen molar-refractivity contribution < 1.29 is 9.47 Å². The average Bonchev–Trinajstić information content (AvgIpc) is 2.55. The Balaban J connectivity index is 2.49. The van der Waals surface area contributed by atoms with Crippen LogP contribution in [0.4, 0.5) is 5.69 Å². The second-order valence-corrected chi connectivity index (χ2v) is 4.65. The van der Waals surface area contributed by atoms with Gasteiger partial charge >= 0.3 is 0 Å². The number of benzene rings is 2. The fourth-order valence-corrected chi connectivity index (χ4v) is 2.15. The maximum absolute atomic E-state index is 5.33. The molecule has 0 atom stereocenters. The third-order valence-corrected chi connectivity index (χ3v) is 3.23. The number of hydrogen-bond acceptors (Lipinski definition) is 4. The van der Waals surface area contributed by atoms with Crippen molar-refractivity contribution in [2.24, 2.45) is 4.99 Å². The topological polar surface area (TPSA) is 42.9 Å². The molecule has 0 radical (unpaired) electrons. The van der Waals surface area contributed by atoms with Gasteiger partial charge in [0.1, 0.15) is 0 Å². The van der Waals surface area contributed by atoms with Gasteiger partial charge in [0.25, 0.3) is 0 Å². The molecular formula is C18H20N2O2. The molecule has 0 saturated heterocycles. The minimum atomic E-state index is 0.670. The summed E-state index contributed by atoms with van der Waals surface area (Å²) in [5.74, 6) is 1.36. The molecule has 114 valence electrons. The third-order valence-electron chi connectivity index (χ3n) is 3.23. The molecule has 4 heteroatoms. The van der Waals surface area contributed by atoms with Crippen LogP contribution in [0.5, 0.6) is 11.5 Å².